The molecule has 110 valence electrons. The third-order valence-electron chi connectivity index (χ3n) is 2.56. The van der Waals surface area contributed by atoms with Crippen molar-refractivity contribution >= 4 is 23.7 Å². The Bertz CT molecular complexity index is 697. The minimum Gasteiger partial charge on any atom is -0.289 e. The minimum atomic E-state index is -0.412. The number of benzene rings is 1. The zero-order valence-electron chi connectivity index (χ0n) is 10.8. The fraction of sp³-hybridized carbons (Fsp3) is 0. The smallest absolute Gasteiger partial charge is 0.258 e. The molecule has 0 radical (unpaired) electrons. The van der Waals surface area contributed by atoms with E-state index in [9.17, 15) is 9.59 Å². The van der Waals surface area contributed by atoms with Gasteiger partial charge in [0.2, 0.25) is 11.9 Å². The van der Waals surface area contributed by atoms with E-state index in [-0.39, 0.29) is 11.9 Å². The largest absolute Gasteiger partial charge is 0.289 e. The lowest BCUT2D eigenvalue weighted by Crippen LogP contribution is -2.15. The Balaban J connectivity index is 1.67. The molecule has 12 heteroatoms. The third kappa shape index (κ3) is 2.90. The molecule has 4 N–H and O–H groups in total. The predicted octanol–water partition coefficient (Wildman–Crippen LogP) is -0.783. The summed E-state index contributed by atoms with van der Waals surface area (Å²) >= 11 is 0. The molecular weight excluding hydrogens is 292 g/mol. The van der Waals surface area contributed by atoms with E-state index in [4.69, 9.17) is 0 Å². The SMILES string of the molecule is O=C(Nc1nnn[nH]1)c1ccc(C(=O)Nc2nnn[nH]2)cc1. The van der Waals surface area contributed by atoms with Gasteiger partial charge in [-0.05, 0) is 45.1 Å². The van der Waals surface area contributed by atoms with Crippen molar-refractivity contribution in [1.29, 1.82) is 0 Å². The Morgan fingerprint density at radius 2 is 1.18 bits per heavy atom. The van der Waals surface area contributed by atoms with Crippen LogP contribution in [0.2, 0.25) is 0 Å². The van der Waals surface area contributed by atoms with Gasteiger partial charge >= 0.3 is 0 Å². The number of carbonyl (C=O) groups is 2. The summed E-state index contributed by atoms with van der Waals surface area (Å²) in [5, 5.41) is 30.1. The van der Waals surface area contributed by atoms with Gasteiger partial charge in [0.05, 0.1) is 0 Å². The topological polar surface area (TPSA) is 167 Å². The average molecular weight is 300 g/mol. The van der Waals surface area contributed by atoms with Gasteiger partial charge in [-0.3, -0.25) is 20.2 Å². The molecule has 0 bridgehead atoms. The van der Waals surface area contributed by atoms with Gasteiger partial charge in [-0.1, -0.05) is 10.2 Å². The number of aromatic nitrogens is 8. The molecule has 3 rings (SSSR count). The van der Waals surface area contributed by atoms with Gasteiger partial charge < -0.3 is 0 Å². The first-order valence-corrected chi connectivity index (χ1v) is 5.92. The number of rotatable bonds is 4. The highest BCUT2D eigenvalue weighted by Gasteiger charge is 2.11. The number of nitrogens with one attached hydrogen (secondary N) is 4. The van der Waals surface area contributed by atoms with Crippen LogP contribution in [0.1, 0.15) is 20.7 Å². The maximum absolute atomic E-state index is 11.9. The molecule has 0 spiro atoms. The molecule has 0 unspecified atom stereocenters. The van der Waals surface area contributed by atoms with Crippen molar-refractivity contribution in [3.05, 3.63) is 35.4 Å². The Kier molecular flexibility index (Phi) is 3.47. The van der Waals surface area contributed by atoms with E-state index >= 15 is 0 Å². The number of hydrogen-bond acceptors (Lipinski definition) is 8. The molecule has 0 aliphatic carbocycles. The summed E-state index contributed by atoms with van der Waals surface area (Å²) in [5.74, 6) is -0.566. The average Bonchev–Trinajstić information content (AvgIpc) is 3.21. The van der Waals surface area contributed by atoms with E-state index in [0.717, 1.165) is 0 Å². The van der Waals surface area contributed by atoms with Gasteiger partial charge in [0.25, 0.3) is 11.8 Å². The standard InChI is InChI=1S/C10H8N10O2/c21-7(11-9-13-17-18-14-9)5-1-2-6(4-3-5)8(22)12-10-15-19-20-16-10/h1-4H,(H2,11,13,14,17,18,21)(H2,12,15,16,19,20,22). The number of nitrogens with zero attached hydrogens (tertiary/aromatic N) is 6. The molecule has 0 aliphatic rings. The third-order valence-corrected chi connectivity index (χ3v) is 2.56. The summed E-state index contributed by atoms with van der Waals surface area (Å²) in [6.45, 7) is 0. The molecule has 0 saturated heterocycles. The van der Waals surface area contributed by atoms with Gasteiger partial charge in [0, 0.05) is 11.1 Å². The monoisotopic (exact) mass is 300 g/mol. The van der Waals surface area contributed by atoms with Crippen molar-refractivity contribution in [2.75, 3.05) is 10.6 Å². The van der Waals surface area contributed by atoms with E-state index < -0.39 is 11.8 Å². The van der Waals surface area contributed by atoms with Crippen LogP contribution in [0.25, 0.3) is 0 Å². The molecule has 22 heavy (non-hydrogen) atoms. The zero-order valence-corrected chi connectivity index (χ0v) is 10.8. The maximum atomic E-state index is 11.9. The van der Waals surface area contributed by atoms with E-state index in [1.165, 1.54) is 24.3 Å². The lowest BCUT2D eigenvalue weighted by atomic mass is 10.1. The number of tetrazole rings is 2. The molecule has 2 amide bonds. The lowest BCUT2D eigenvalue weighted by Gasteiger charge is -2.03. The first-order chi connectivity index (χ1) is 10.7. The second-order valence-electron chi connectivity index (χ2n) is 3.99. The van der Waals surface area contributed by atoms with Gasteiger partial charge in [0.1, 0.15) is 0 Å². The Hall–Kier alpha value is -3.70. The summed E-state index contributed by atoms with van der Waals surface area (Å²) in [7, 11) is 0. The number of anilines is 2. The second-order valence-corrected chi connectivity index (χ2v) is 3.99. The van der Waals surface area contributed by atoms with Crippen LogP contribution < -0.4 is 10.6 Å². The zero-order chi connectivity index (χ0) is 15.4. The number of hydrogen-bond donors (Lipinski definition) is 4. The molecule has 1 aromatic carbocycles. The summed E-state index contributed by atoms with van der Waals surface area (Å²) in [6, 6.07) is 5.97. The molecule has 12 nitrogen and oxygen atoms in total. The summed E-state index contributed by atoms with van der Waals surface area (Å²) < 4.78 is 0. The normalized spacial score (nSPS) is 10.2. The van der Waals surface area contributed by atoms with E-state index in [1.807, 2.05) is 0 Å². The number of aromatic amines is 2. The van der Waals surface area contributed by atoms with Crippen molar-refractivity contribution in [2.24, 2.45) is 0 Å². The van der Waals surface area contributed by atoms with E-state index in [0.29, 0.717) is 11.1 Å². The molecular formula is C10H8N10O2. The van der Waals surface area contributed by atoms with Gasteiger partial charge in [0.15, 0.2) is 0 Å². The highest BCUT2D eigenvalue weighted by atomic mass is 16.2. The van der Waals surface area contributed by atoms with Crippen LogP contribution >= 0.6 is 0 Å². The van der Waals surface area contributed by atoms with Crippen molar-refractivity contribution in [3.8, 4) is 0 Å². The van der Waals surface area contributed by atoms with Gasteiger partial charge in [-0.2, -0.15) is 0 Å². The van der Waals surface area contributed by atoms with Crippen LogP contribution in [-0.2, 0) is 0 Å². The molecule has 0 atom stereocenters. The summed E-state index contributed by atoms with van der Waals surface area (Å²) in [5.41, 5.74) is 0.684. The van der Waals surface area contributed by atoms with E-state index in [2.05, 4.69) is 51.9 Å². The minimum absolute atomic E-state index is 0.129. The van der Waals surface area contributed by atoms with Crippen molar-refractivity contribution < 1.29 is 9.59 Å². The number of H-pyrrole nitrogens is 2. The van der Waals surface area contributed by atoms with Crippen LogP contribution in [0.3, 0.4) is 0 Å². The van der Waals surface area contributed by atoms with Crippen LogP contribution in [-0.4, -0.2) is 53.1 Å². The second kappa shape index (κ2) is 5.74. The lowest BCUT2D eigenvalue weighted by molar-refractivity contribution is 0.101. The van der Waals surface area contributed by atoms with Crippen molar-refractivity contribution in [1.82, 2.24) is 41.2 Å². The fourth-order valence-corrected chi connectivity index (χ4v) is 1.56. The van der Waals surface area contributed by atoms with Crippen LogP contribution in [0, 0.1) is 0 Å². The van der Waals surface area contributed by atoms with Crippen molar-refractivity contribution in [2.45, 2.75) is 0 Å². The van der Waals surface area contributed by atoms with Crippen molar-refractivity contribution in [3.63, 3.8) is 0 Å². The highest BCUT2D eigenvalue weighted by molar-refractivity contribution is 6.06. The summed E-state index contributed by atoms with van der Waals surface area (Å²) in [4.78, 5) is 23.8. The van der Waals surface area contributed by atoms with Gasteiger partial charge in [-0.25, -0.2) is 10.2 Å². The van der Waals surface area contributed by atoms with Crippen LogP contribution in [0.4, 0.5) is 11.9 Å². The van der Waals surface area contributed by atoms with Crippen LogP contribution in [0.5, 0.6) is 0 Å². The summed E-state index contributed by atoms with van der Waals surface area (Å²) in [6.07, 6.45) is 0. The molecule has 2 heterocycles. The quantitative estimate of drug-likeness (QED) is 0.486. The fourth-order valence-electron chi connectivity index (χ4n) is 1.56. The Morgan fingerprint density at radius 3 is 1.50 bits per heavy atom. The van der Waals surface area contributed by atoms with E-state index in [1.54, 1.807) is 0 Å². The number of carbonyl (C=O) groups excluding carboxylic acids is 2. The molecule has 0 aliphatic heterocycles. The number of amides is 2. The highest BCUT2D eigenvalue weighted by Crippen LogP contribution is 2.08. The molecule has 0 fully saturated rings. The maximum Gasteiger partial charge on any atom is 0.258 e. The first-order valence-electron chi connectivity index (χ1n) is 5.92. The Morgan fingerprint density at radius 1 is 0.773 bits per heavy atom. The molecule has 0 saturated carbocycles. The predicted molar refractivity (Wildman–Crippen MR) is 70.7 cm³/mol. The van der Waals surface area contributed by atoms with Crippen LogP contribution in [0.15, 0.2) is 24.3 Å². The molecule has 3 aromatic rings. The molecule has 2 aromatic heterocycles. The van der Waals surface area contributed by atoms with Gasteiger partial charge in [-0.15, -0.1) is 0 Å². The first kappa shape index (κ1) is 13.3. The Labute approximate surface area is 121 Å².